The molecular weight excluding hydrogens is 366 g/mol. The molecule has 0 saturated heterocycles. The third kappa shape index (κ3) is 4.40. The first kappa shape index (κ1) is 19.2. The van der Waals surface area contributed by atoms with Crippen LogP contribution in [0.5, 0.6) is 5.75 Å². The van der Waals surface area contributed by atoms with Gasteiger partial charge in [0.05, 0.1) is 31.1 Å². The second-order valence-electron chi connectivity index (χ2n) is 5.76. The van der Waals surface area contributed by atoms with Crippen LogP contribution in [0.25, 0.3) is 22.2 Å². The molecule has 27 heavy (non-hydrogen) atoms. The third-order valence-electron chi connectivity index (χ3n) is 3.97. The van der Waals surface area contributed by atoms with E-state index in [2.05, 4.69) is 10.2 Å². The molecule has 3 aromatic rings. The smallest absolute Gasteiger partial charge is 0.316 e. The molecular formula is C19H21N3O4S. The van der Waals surface area contributed by atoms with Crippen molar-refractivity contribution in [3.8, 4) is 17.1 Å². The summed E-state index contributed by atoms with van der Waals surface area (Å²) in [4.78, 5) is 11.7. The van der Waals surface area contributed by atoms with E-state index in [4.69, 9.17) is 9.47 Å². The maximum Gasteiger partial charge on any atom is 0.316 e. The van der Waals surface area contributed by atoms with Gasteiger partial charge in [0.15, 0.2) is 11.0 Å². The maximum absolute atomic E-state index is 11.7. The molecule has 142 valence electrons. The highest BCUT2D eigenvalue weighted by Crippen LogP contribution is 2.34. The van der Waals surface area contributed by atoms with Gasteiger partial charge in [-0.1, -0.05) is 36.0 Å². The molecule has 0 saturated carbocycles. The molecule has 0 aliphatic heterocycles. The summed E-state index contributed by atoms with van der Waals surface area (Å²) in [7, 11) is 1.61. The van der Waals surface area contributed by atoms with Crippen LogP contribution in [0.3, 0.4) is 0 Å². The lowest BCUT2D eigenvalue weighted by Gasteiger charge is -2.11. The first-order valence-electron chi connectivity index (χ1n) is 8.56. The number of hydrogen-bond donors (Lipinski definition) is 1. The van der Waals surface area contributed by atoms with Crippen molar-refractivity contribution in [3.63, 3.8) is 0 Å². The van der Waals surface area contributed by atoms with Gasteiger partial charge in [0.2, 0.25) is 0 Å². The van der Waals surface area contributed by atoms with E-state index in [0.29, 0.717) is 36.3 Å². The third-order valence-corrected chi connectivity index (χ3v) is 4.91. The number of aromatic nitrogens is 3. The quantitative estimate of drug-likeness (QED) is 0.469. The van der Waals surface area contributed by atoms with Crippen LogP contribution in [0.4, 0.5) is 0 Å². The Morgan fingerprint density at radius 1 is 1.22 bits per heavy atom. The highest BCUT2D eigenvalue weighted by Gasteiger charge is 2.18. The normalized spacial score (nSPS) is 11.0. The van der Waals surface area contributed by atoms with Crippen molar-refractivity contribution in [1.29, 1.82) is 0 Å². The van der Waals surface area contributed by atoms with E-state index in [9.17, 15) is 9.90 Å². The van der Waals surface area contributed by atoms with Gasteiger partial charge in [-0.3, -0.25) is 9.36 Å². The highest BCUT2D eigenvalue weighted by atomic mass is 32.2. The summed E-state index contributed by atoms with van der Waals surface area (Å²) in [5, 5.41) is 21.5. The summed E-state index contributed by atoms with van der Waals surface area (Å²) in [6.45, 7) is 3.05. The minimum Gasteiger partial charge on any atom is -0.507 e. The van der Waals surface area contributed by atoms with Gasteiger partial charge in [-0.25, -0.2) is 0 Å². The van der Waals surface area contributed by atoms with Crippen LogP contribution in [0.2, 0.25) is 0 Å². The first-order valence-corrected chi connectivity index (χ1v) is 9.55. The average molecular weight is 387 g/mol. The molecule has 1 N–H and O–H groups in total. The average Bonchev–Trinajstić information content (AvgIpc) is 3.06. The van der Waals surface area contributed by atoms with Crippen molar-refractivity contribution in [2.45, 2.75) is 18.6 Å². The number of thioether (sulfide) groups is 1. The number of benzene rings is 2. The Kier molecular flexibility index (Phi) is 6.31. The Bertz CT molecular complexity index is 942. The fourth-order valence-corrected chi connectivity index (χ4v) is 3.47. The lowest BCUT2D eigenvalue weighted by molar-refractivity contribution is -0.139. The van der Waals surface area contributed by atoms with E-state index in [1.54, 1.807) is 20.1 Å². The van der Waals surface area contributed by atoms with E-state index in [0.717, 1.165) is 10.8 Å². The number of rotatable bonds is 8. The highest BCUT2D eigenvalue weighted by molar-refractivity contribution is 7.99. The number of fused-ring (bicyclic) bond motifs is 1. The van der Waals surface area contributed by atoms with Crippen LogP contribution in [-0.4, -0.2) is 51.9 Å². The number of ether oxygens (including phenoxy) is 2. The number of carbonyl (C=O) groups is 1. The monoisotopic (exact) mass is 387 g/mol. The number of carbonyl (C=O) groups excluding carboxylic acids is 1. The number of phenols is 1. The van der Waals surface area contributed by atoms with E-state index in [-0.39, 0.29) is 17.5 Å². The molecule has 0 atom stereocenters. The van der Waals surface area contributed by atoms with E-state index >= 15 is 0 Å². The van der Waals surface area contributed by atoms with Crippen LogP contribution in [0, 0.1) is 0 Å². The molecule has 0 spiro atoms. The van der Waals surface area contributed by atoms with E-state index in [1.165, 1.54) is 11.8 Å². The Hall–Kier alpha value is -2.58. The van der Waals surface area contributed by atoms with Crippen LogP contribution in [0.15, 0.2) is 41.6 Å². The molecule has 0 radical (unpaired) electrons. The molecule has 1 heterocycles. The number of aromatic hydroxyl groups is 1. The van der Waals surface area contributed by atoms with Gasteiger partial charge in [0, 0.05) is 7.11 Å². The van der Waals surface area contributed by atoms with Crippen LogP contribution in [-0.2, 0) is 20.8 Å². The van der Waals surface area contributed by atoms with Crippen molar-refractivity contribution in [3.05, 3.63) is 36.4 Å². The van der Waals surface area contributed by atoms with E-state index < -0.39 is 0 Å². The lowest BCUT2D eigenvalue weighted by Crippen LogP contribution is -2.10. The Morgan fingerprint density at radius 3 is 2.67 bits per heavy atom. The van der Waals surface area contributed by atoms with Crippen molar-refractivity contribution < 1.29 is 19.4 Å². The second-order valence-corrected chi connectivity index (χ2v) is 6.70. The predicted octanol–water partition coefficient (Wildman–Crippen LogP) is 3.11. The molecule has 0 amide bonds. The summed E-state index contributed by atoms with van der Waals surface area (Å²) in [6, 6.07) is 11.4. The summed E-state index contributed by atoms with van der Waals surface area (Å²) >= 11 is 1.25. The molecule has 1 aromatic heterocycles. The summed E-state index contributed by atoms with van der Waals surface area (Å²) in [5.41, 5.74) is 0.584. The number of hydrogen-bond acceptors (Lipinski definition) is 7. The van der Waals surface area contributed by atoms with Gasteiger partial charge in [0.25, 0.3) is 0 Å². The standard InChI is InChI=1S/C19H21N3O4S/c1-3-26-17(24)12-27-19-21-20-18(22(19)8-9-25-2)15-10-13-6-4-5-7-14(13)11-16(15)23/h4-7,10-11,23H,3,8-9,12H2,1-2H3. The molecule has 3 rings (SSSR count). The molecule has 0 bridgehead atoms. The minimum absolute atomic E-state index is 0.127. The molecule has 2 aromatic carbocycles. The van der Waals surface area contributed by atoms with Gasteiger partial charge < -0.3 is 14.6 Å². The summed E-state index contributed by atoms with van der Waals surface area (Å²) in [6.07, 6.45) is 0. The fourth-order valence-electron chi connectivity index (χ4n) is 2.71. The van der Waals surface area contributed by atoms with Crippen LogP contribution in [0.1, 0.15) is 6.92 Å². The molecule has 0 unspecified atom stereocenters. The van der Waals surface area contributed by atoms with Gasteiger partial charge in [0.1, 0.15) is 5.75 Å². The largest absolute Gasteiger partial charge is 0.507 e. The summed E-state index contributed by atoms with van der Waals surface area (Å²) < 4.78 is 12.0. The van der Waals surface area contributed by atoms with Crippen molar-refractivity contribution >= 4 is 28.5 Å². The van der Waals surface area contributed by atoms with Gasteiger partial charge in [-0.15, -0.1) is 10.2 Å². The van der Waals surface area contributed by atoms with Crippen molar-refractivity contribution in [2.24, 2.45) is 0 Å². The Balaban J connectivity index is 1.97. The van der Waals surface area contributed by atoms with Crippen LogP contribution < -0.4 is 0 Å². The summed E-state index contributed by atoms with van der Waals surface area (Å²) in [5.74, 6) is 0.491. The molecule has 0 aliphatic carbocycles. The second kappa shape index (κ2) is 8.88. The molecule has 0 aliphatic rings. The molecule has 0 fully saturated rings. The molecule has 8 heteroatoms. The SMILES string of the molecule is CCOC(=O)CSc1nnc(-c2cc3ccccc3cc2O)n1CCOC. The molecule has 7 nitrogen and oxygen atoms in total. The van der Waals surface area contributed by atoms with Crippen molar-refractivity contribution in [1.82, 2.24) is 14.8 Å². The first-order chi connectivity index (χ1) is 13.1. The van der Waals surface area contributed by atoms with Crippen molar-refractivity contribution in [2.75, 3.05) is 26.1 Å². The number of methoxy groups -OCH3 is 1. The van der Waals surface area contributed by atoms with E-state index in [1.807, 2.05) is 34.9 Å². The zero-order valence-corrected chi connectivity index (χ0v) is 16.0. The topological polar surface area (TPSA) is 86.5 Å². The van der Waals surface area contributed by atoms with Crippen LogP contribution >= 0.6 is 11.8 Å². The Morgan fingerprint density at radius 2 is 1.96 bits per heavy atom. The zero-order chi connectivity index (χ0) is 19.2. The van der Waals surface area contributed by atoms with Gasteiger partial charge >= 0.3 is 5.97 Å². The fraction of sp³-hybridized carbons (Fsp3) is 0.316. The predicted molar refractivity (Wildman–Crippen MR) is 104 cm³/mol. The van der Waals surface area contributed by atoms with Gasteiger partial charge in [-0.2, -0.15) is 0 Å². The number of esters is 1. The minimum atomic E-state index is -0.307. The number of nitrogens with zero attached hydrogens (tertiary/aromatic N) is 3. The Labute approximate surface area is 161 Å². The number of phenolic OH excluding ortho intramolecular Hbond substituents is 1. The van der Waals surface area contributed by atoms with Gasteiger partial charge in [-0.05, 0) is 29.8 Å². The maximum atomic E-state index is 11.7. The zero-order valence-electron chi connectivity index (χ0n) is 15.2. The lowest BCUT2D eigenvalue weighted by atomic mass is 10.1.